The van der Waals surface area contributed by atoms with E-state index in [-0.39, 0.29) is 12.0 Å². The van der Waals surface area contributed by atoms with Gasteiger partial charge in [0.2, 0.25) is 5.91 Å². The highest BCUT2D eigenvalue weighted by atomic mass is 32.2. The van der Waals surface area contributed by atoms with Crippen molar-refractivity contribution in [3.63, 3.8) is 0 Å². The van der Waals surface area contributed by atoms with Gasteiger partial charge in [0.25, 0.3) is 10.1 Å². The van der Waals surface area contributed by atoms with E-state index in [9.17, 15) is 22.6 Å². The topological polar surface area (TPSA) is 150 Å². The van der Waals surface area contributed by atoms with Gasteiger partial charge < -0.3 is 16.2 Å². The molecule has 1 aromatic rings. The fourth-order valence-corrected chi connectivity index (χ4v) is 2.74. The third kappa shape index (κ3) is 4.25. The summed E-state index contributed by atoms with van der Waals surface area (Å²) in [5.74, 6) is -2.64. The van der Waals surface area contributed by atoms with Crippen molar-refractivity contribution in [1.29, 1.82) is 0 Å². The van der Waals surface area contributed by atoms with Gasteiger partial charge in [0.05, 0.1) is 12.0 Å². The Morgan fingerprint density at radius 3 is 2.38 bits per heavy atom. The van der Waals surface area contributed by atoms with Crippen molar-refractivity contribution in [2.45, 2.75) is 23.3 Å². The number of carbonyl (C=O) groups excluding carboxylic acids is 2. The molecule has 9 heteroatoms. The number of hydrogen-bond acceptors (Lipinski definition) is 6. The zero-order valence-electron chi connectivity index (χ0n) is 11.2. The molecule has 8 nitrogen and oxygen atoms in total. The van der Waals surface area contributed by atoms with Gasteiger partial charge in [-0.25, -0.2) is 0 Å². The van der Waals surface area contributed by atoms with Crippen LogP contribution in [-0.2, 0) is 24.4 Å². The van der Waals surface area contributed by atoms with E-state index in [0.29, 0.717) is 0 Å². The number of methoxy groups -OCH3 is 1. The highest BCUT2D eigenvalue weighted by molar-refractivity contribution is 7.85. The van der Waals surface area contributed by atoms with Crippen molar-refractivity contribution in [1.82, 2.24) is 0 Å². The highest BCUT2D eigenvalue weighted by Gasteiger charge is 2.32. The standard InChI is InChI=1S/C12H16N2O6S/c1-20-12(16)11(14)8(6-10(13)15)7-4-2-3-5-9(7)21(17,18)19/h2-5,8,11H,6,14H2,1H3,(H2,13,15)(H,17,18,19)/t8?,11-/m0/s1. The zero-order chi connectivity index (χ0) is 16.2. The Kier molecular flexibility index (Phi) is 5.41. The number of amides is 1. The van der Waals surface area contributed by atoms with Gasteiger partial charge in [0.15, 0.2) is 0 Å². The normalized spacial score (nSPS) is 14.2. The molecule has 0 aliphatic carbocycles. The second-order valence-corrected chi connectivity index (χ2v) is 5.73. The molecule has 0 heterocycles. The molecule has 0 spiro atoms. The Bertz CT molecular complexity index is 643. The van der Waals surface area contributed by atoms with Gasteiger partial charge in [0, 0.05) is 12.3 Å². The van der Waals surface area contributed by atoms with E-state index in [4.69, 9.17) is 11.5 Å². The fourth-order valence-electron chi connectivity index (χ4n) is 1.97. The number of rotatable bonds is 6. The van der Waals surface area contributed by atoms with Gasteiger partial charge in [-0.2, -0.15) is 8.42 Å². The molecule has 2 atom stereocenters. The minimum Gasteiger partial charge on any atom is -0.468 e. The number of nitrogens with two attached hydrogens (primary N) is 2. The number of hydrogen-bond donors (Lipinski definition) is 3. The van der Waals surface area contributed by atoms with Crippen LogP contribution >= 0.6 is 0 Å². The SMILES string of the molecule is COC(=O)[C@@H](N)C(CC(N)=O)c1ccccc1S(=O)(=O)O. The molecule has 1 amide bonds. The molecule has 0 aliphatic heterocycles. The van der Waals surface area contributed by atoms with Crippen molar-refractivity contribution in [3.8, 4) is 0 Å². The van der Waals surface area contributed by atoms with E-state index in [2.05, 4.69) is 4.74 Å². The first-order chi connectivity index (χ1) is 9.68. The maximum absolute atomic E-state index is 11.6. The van der Waals surface area contributed by atoms with Crippen molar-refractivity contribution >= 4 is 22.0 Å². The van der Waals surface area contributed by atoms with E-state index in [0.717, 1.165) is 13.2 Å². The summed E-state index contributed by atoms with van der Waals surface area (Å²) in [6.07, 6.45) is -0.372. The summed E-state index contributed by atoms with van der Waals surface area (Å²) in [6, 6.07) is 4.06. The Hall–Kier alpha value is -1.97. The van der Waals surface area contributed by atoms with E-state index in [1.54, 1.807) is 0 Å². The zero-order valence-corrected chi connectivity index (χ0v) is 12.0. The molecule has 0 radical (unpaired) electrons. The molecule has 0 fully saturated rings. The second kappa shape index (κ2) is 6.66. The summed E-state index contributed by atoms with van der Waals surface area (Å²) >= 11 is 0. The molecule has 5 N–H and O–H groups in total. The molecule has 0 saturated carbocycles. The summed E-state index contributed by atoms with van der Waals surface area (Å²) in [5.41, 5.74) is 10.8. The maximum atomic E-state index is 11.6. The molecule has 116 valence electrons. The quantitative estimate of drug-likeness (QED) is 0.468. The van der Waals surface area contributed by atoms with Gasteiger partial charge in [-0.15, -0.1) is 0 Å². The molecule has 1 unspecified atom stereocenters. The number of carbonyl (C=O) groups is 2. The summed E-state index contributed by atoms with van der Waals surface area (Å²) < 4.78 is 36.5. The third-order valence-electron chi connectivity index (χ3n) is 2.92. The first-order valence-corrected chi connectivity index (χ1v) is 7.30. The van der Waals surface area contributed by atoms with Gasteiger partial charge in [0.1, 0.15) is 6.04 Å². The molecule has 1 rings (SSSR count). The lowest BCUT2D eigenvalue weighted by atomic mass is 9.88. The highest BCUT2D eigenvalue weighted by Crippen LogP contribution is 2.29. The first-order valence-electron chi connectivity index (χ1n) is 5.86. The maximum Gasteiger partial charge on any atom is 0.323 e. The van der Waals surface area contributed by atoms with Crippen molar-refractivity contribution < 1.29 is 27.3 Å². The molecule has 21 heavy (non-hydrogen) atoms. The lowest BCUT2D eigenvalue weighted by Crippen LogP contribution is -2.40. The molecule has 0 saturated heterocycles. The fraction of sp³-hybridized carbons (Fsp3) is 0.333. The number of esters is 1. The molecular weight excluding hydrogens is 300 g/mol. The smallest absolute Gasteiger partial charge is 0.323 e. The van der Waals surface area contributed by atoms with E-state index in [1.165, 1.54) is 18.2 Å². The van der Waals surface area contributed by atoms with Gasteiger partial charge in [-0.3, -0.25) is 14.1 Å². The lowest BCUT2D eigenvalue weighted by Gasteiger charge is -2.22. The van der Waals surface area contributed by atoms with Crippen LogP contribution in [0, 0.1) is 0 Å². The average Bonchev–Trinajstić information content (AvgIpc) is 2.42. The van der Waals surface area contributed by atoms with E-state index in [1.807, 2.05) is 0 Å². The van der Waals surface area contributed by atoms with Gasteiger partial charge in [-0.1, -0.05) is 18.2 Å². The van der Waals surface area contributed by atoms with E-state index >= 15 is 0 Å². The van der Waals surface area contributed by atoms with Crippen LogP contribution in [0.1, 0.15) is 17.9 Å². The number of ether oxygens (including phenoxy) is 1. The van der Waals surface area contributed by atoms with Crippen LogP contribution in [-0.4, -0.2) is 38.0 Å². The molecule has 0 bridgehead atoms. The summed E-state index contributed by atoms with van der Waals surface area (Å²) in [7, 11) is -3.43. The van der Waals surface area contributed by atoms with Crippen LogP contribution in [0.2, 0.25) is 0 Å². The summed E-state index contributed by atoms with van der Waals surface area (Å²) in [6.45, 7) is 0. The first kappa shape index (κ1) is 17.1. The third-order valence-corrected chi connectivity index (χ3v) is 3.85. The predicted molar refractivity (Wildman–Crippen MR) is 72.8 cm³/mol. The van der Waals surface area contributed by atoms with Crippen LogP contribution in [0.4, 0.5) is 0 Å². The monoisotopic (exact) mass is 316 g/mol. The van der Waals surface area contributed by atoms with Crippen LogP contribution in [0.3, 0.4) is 0 Å². The summed E-state index contributed by atoms with van der Waals surface area (Å²) in [5, 5.41) is 0. The number of benzene rings is 1. The summed E-state index contributed by atoms with van der Waals surface area (Å²) in [4.78, 5) is 22.3. The molecule has 0 aromatic heterocycles. The Morgan fingerprint density at radius 2 is 1.90 bits per heavy atom. The van der Waals surface area contributed by atoms with Crippen LogP contribution in [0.15, 0.2) is 29.2 Å². The second-order valence-electron chi connectivity index (χ2n) is 4.34. The van der Waals surface area contributed by atoms with E-state index < -0.39 is 38.8 Å². The lowest BCUT2D eigenvalue weighted by molar-refractivity contribution is -0.142. The van der Waals surface area contributed by atoms with Crippen molar-refractivity contribution in [2.75, 3.05) is 7.11 Å². The minimum atomic E-state index is -4.54. The van der Waals surface area contributed by atoms with Crippen LogP contribution in [0.25, 0.3) is 0 Å². The van der Waals surface area contributed by atoms with Crippen molar-refractivity contribution in [3.05, 3.63) is 29.8 Å². The number of primary amides is 1. The minimum absolute atomic E-state index is 0.0247. The molecular formula is C12H16N2O6S. The Balaban J connectivity index is 3.40. The molecule has 1 aromatic carbocycles. The van der Waals surface area contributed by atoms with Crippen LogP contribution < -0.4 is 11.5 Å². The average molecular weight is 316 g/mol. The predicted octanol–water partition coefficient (Wildman–Crippen LogP) is -0.607. The van der Waals surface area contributed by atoms with Crippen molar-refractivity contribution in [2.24, 2.45) is 11.5 Å². The largest absolute Gasteiger partial charge is 0.468 e. The van der Waals surface area contributed by atoms with Gasteiger partial charge >= 0.3 is 5.97 Å². The Labute approximate surface area is 121 Å². The van der Waals surface area contributed by atoms with Gasteiger partial charge in [-0.05, 0) is 11.6 Å². The van der Waals surface area contributed by atoms with Crippen LogP contribution in [0.5, 0.6) is 0 Å². The molecule has 0 aliphatic rings. The Morgan fingerprint density at radius 1 is 1.33 bits per heavy atom.